The Kier molecular flexibility index (Phi) is 10.00. The van der Waals surface area contributed by atoms with Crippen LogP contribution in [0.4, 0.5) is 0 Å². The van der Waals surface area contributed by atoms with Crippen LogP contribution < -0.4 is 28.4 Å². The van der Waals surface area contributed by atoms with Gasteiger partial charge in [-0.05, 0) is 146 Å². The molecule has 0 saturated heterocycles. The molecule has 0 unspecified atom stereocenters. The fraction of sp³-hybridized carbons (Fsp3) is 0.149. The second kappa shape index (κ2) is 15.5. The molecule has 0 aliphatic heterocycles. The SMILES string of the molecule is COc1ccc(C(=O)Oc2ccc(C(=O)Oc3cccc4c3C3(CC4)CCc4cccc(OC(=O)c5ccc(OC(=O)c6ccc(OC)cc6)cc5)c43)cc2)cc1. The van der Waals surface area contributed by atoms with E-state index in [1.807, 2.05) is 24.3 Å². The zero-order chi connectivity index (χ0) is 39.5. The molecule has 0 radical (unpaired) electrons. The number of fused-ring (bicyclic) bond motifs is 4. The van der Waals surface area contributed by atoms with E-state index < -0.39 is 29.3 Å². The monoisotopic (exact) mass is 760 g/mol. The summed E-state index contributed by atoms with van der Waals surface area (Å²) in [5.41, 5.74) is 4.69. The molecule has 6 aromatic rings. The first-order valence-corrected chi connectivity index (χ1v) is 18.4. The highest BCUT2D eigenvalue weighted by Crippen LogP contribution is 2.57. The van der Waals surface area contributed by atoms with Gasteiger partial charge in [0.1, 0.15) is 34.5 Å². The molecular formula is C47H36O10. The van der Waals surface area contributed by atoms with E-state index in [0.29, 0.717) is 34.1 Å². The standard InChI is InChI=1S/C47H36O10/c1-52-35-17-9-31(10-18-35)43(48)54-37-21-13-33(14-22-37)45(50)56-39-7-3-5-29-25-27-47(41(29)39)28-26-30-6-4-8-40(42(30)47)57-46(51)34-15-23-38(24-16-34)55-44(49)32-11-19-36(53-2)20-12-32/h3-24H,25-28H2,1-2H3. The Morgan fingerprint density at radius 2 is 0.719 bits per heavy atom. The second-order valence-electron chi connectivity index (χ2n) is 13.7. The molecule has 0 atom stereocenters. The first kappa shape index (κ1) is 36.8. The lowest BCUT2D eigenvalue weighted by Crippen LogP contribution is -2.24. The van der Waals surface area contributed by atoms with Gasteiger partial charge in [-0.25, -0.2) is 19.2 Å². The van der Waals surface area contributed by atoms with E-state index in [0.717, 1.165) is 47.9 Å². The summed E-state index contributed by atoms with van der Waals surface area (Å²) in [6.07, 6.45) is 3.02. The van der Waals surface area contributed by atoms with Crippen molar-refractivity contribution in [2.45, 2.75) is 31.1 Å². The molecule has 57 heavy (non-hydrogen) atoms. The second-order valence-corrected chi connectivity index (χ2v) is 13.7. The molecule has 284 valence electrons. The van der Waals surface area contributed by atoms with Crippen molar-refractivity contribution in [1.82, 2.24) is 0 Å². The van der Waals surface area contributed by atoms with Gasteiger partial charge in [0.2, 0.25) is 0 Å². The van der Waals surface area contributed by atoms with Gasteiger partial charge in [-0.2, -0.15) is 0 Å². The summed E-state index contributed by atoms with van der Waals surface area (Å²) in [7, 11) is 3.09. The lowest BCUT2D eigenvalue weighted by atomic mass is 9.76. The van der Waals surface area contributed by atoms with E-state index in [9.17, 15) is 19.2 Å². The maximum atomic E-state index is 13.6. The van der Waals surface area contributed by atoms with Crippen LogP contribution in [0.2, 0.25) is 0 Å². The molecule has 0 aromatic heterocycles. The number of rotatable bonds is 10. The predicted molar refractivity (Wildman–Crippen MR) is 209 cm³/mol. The van der Waals surface area contributed by atoms with Gasteiger partial charge in [0.05, 0.1) is 36.5 Å². The number of carbonyl (C=O) groups excluding carboxylic acids is 4. The summed E-state index contributed by atoms with van der Waals surface area (Å²) < 4.78 is 33.5. The van der Waals surface area contributed by atoms with E-state index >= 15 is 0 Å². The van der Waals surface area contributed by atoms with Crippen LogP contribution in [0.3, 0.4) is 0 Å². The number of methoxy groups -OCH3 is 2. The summed E-state index contributed by atoms with van der Waals surface area (Å²) in [5, 5.41) is 0. The van der Waals surface area contributed by atoms with Crippen LogP contribution in [-0.4, -0.2) is 38.1 Å². The number of carbonyl (C=O) groups is 4. The molecule has 0 heterocycles. The molecule has 10 nitrogen and oxygen atoms in total. The minimum atomic E-state index is -0.561. The Hall–Kier alpha value is -7.20. The smallest absolute Gasteiger partial charge is 0.343 e. The van der Waals surface area contributed by atoms with Gasteiger partial charge in [-0.3, -0.25) is 0 Å². The Balaban J connectivity index is 0.980. The molecule has 0 saturated carbocycles. The number of ether oxygens (including phenoxy) is 6. The largest absolute Gasteiger partial charge is 0.497 e. The Labute approximate surface area is 328 Å². The normalized spacial score (nSPS) is 13.2. The number of hydrogen-bond donors (Lipinski definition) is 0. The van der Waals surface area contributed by atoms with Crippen molar-refractivity contribution in [3.63, 3.8) is 0 Å². The topological polar surface area (TPSA) is 124 Å². The summed E-state index contributed by atoms with van der Waals surface area (Å²) in [6, 6.07) is 37.0. The van der Waals surface area contributed by atoms with Gasteiger partial charge in [-0.15, -0.1) is 0 Å². The van der Waals surface area contributed by atoms with E-state index in [1.54, 1.807) is 123 Å². The highest BCUT2D eigenvalue weighted by atomic mass is 16.5. The molecule has 8 rings (SSSR count). The molecule has 1 spiro atoms. The van der Waals surface area contributed by atoms with E-state index in [4.69, 9.17) is 28.4 Å². The third-order valence-electron chi connectivity index (χ3n) is 10.5. The lowest BCUT2D eigenvalue weighted by molar-refractivity contribution is 0.0720. The van der Waals surface area contributed by atoms with E-state index in [-0.39, 0.29) is 22.6 Å². The van der Waals surface area contributed by atoms with Crippen molar-refractivity contribution < 1.29 is 47.6 Å². The minimum absolute atomic E-state index is 0.278. The van der Waals surface area contributed by atoms with Crippen molar-refractivity contribution in [2.75, 3.05) is 14.2 Å². The average molecular weight is 761 g/mol. The fourth-order valence-electron chi connectivity index (χ4n) is 7.69. The van der Waals surface area contributed by atoms with Crippen LogP contribution in [0.25, 0.3) is 0 Å². The Morgan fingerprint density at radius 3 is 1.05 bits per heavy atom. The molecule has 0 fully saturated rings. The summed E-state index contributed by atoms with van der Waals surface area (Å²) in [4.78, 5) is 52.5. The molecule has 2 aliphatic carbocycles. The van der Waals surface area contributed by atoms with Gasteiger partial charge in [0.15, 0.2) is 0 Å². The maximum Gasteiger partial charge on any atom is 0.343 e. The van der Waals surface area contributed by atoms with Crippen LogP contribution in [0, 0.1) is 0 Å². The average Bonchev–Trinajstić information content (AvgIpc) is 3.82. The third-order valence-corrected chi connectivity index (χ3v) is 10.5. The van der Waals surface area contributed by atoms with Gasteiger partial charge in [-0.1, -0.05) is 24.3 Å². The lowest BCUT2D eigenvalue weighted by Gasteiger charge is -2.29. The zero-order valence-electron chi connectivity index (χ0n) is 31.1. The maximum absolute atomic E-state index is 13.6. The Morgan fingerprint density at radius 1 is 0.404 bits per heavy atom. The van der Waals surface area contributed by atoms with E-state index in [1.165, 1.54) is 0 Å². The first-order valence-electron chi connectivity index (χ1n) is 18.4. The molecule has 0 bridgehead atoms. The van der Waals surface area contributed by atoms with Crippen LogP contribution in [0.15, 0.2) is 133 Å². The molecule has 6 aromatic carbocycles. The Bertz CT molecular complexity index is 2310. The minimum Gasteiger partial charge on any atom is -0.497 e. The predicted octanol–water partition coefficient (Wildman–Crippen LogP) is 8.76. The van der Waals surface area contributed by atoms with Crippen LogP contribution >= 0.6 is 0 Å². The fourth-order valence-corrected chi connectivity index (χ4v) is 7.69. The van der Waals surface area contributed by atoms with Crippen molar-refractivity contribution in [1.29, 1.82) is 0 Å². The number of esters is 4. The van der Waals surface area contributed by atoms with Gasteiger partial charge in [0, 0.05) is 16.5 Å². The quantitative estimate of drug-likeness (QED) is 0.0989. The van der Waals surface area contributed by atoms with E-state index in [2.05, 4.69) is 0 Å². The van der Waals surface area contributed by atoms with Gasteiger partial charge >= 0.3 is 23.9 Å². The van der Waals surface area contributed by atoms with Crippen LogP contribution in [0.1, 0.15) is 76.5 Å². The van der Waals surface area contributed by atoms with Crippen LogP contribution in [-0.2, 0) is 18.3 Å². The van der Waals surface area contributed by atoms with Crippen molar-refractivity contribution in [2.24, 2.45) is 0 Å². The van der Waals surface area contributed by atoms with Crippen molar-refractivity contribution >= 4 is 23.9 Å². The van der Waals surface area contributed by atoms with Crippen molar-refractivity contribution in [3.8, 4) is 34.5 Å². The van der Waals surface area contributed by atoms with Crippen LogP contribution in [0.5, 0.6) is 34.5 Å². The van der Waals surface area contributed by atoms with Crippen molar-refractivity contribution in [3.05, 3.63) is 178 Å². The molecular weight excluding hydrogens is 725 g/mol. The number of aryl methyl sites for hydroxylation is 2. The number of benzene rings is 6. The highest BCUT2D eigenvalue weighted by molar-refractivity contribution is 5.94. The molecule has 10 heteroatoms. The zero-order valence-corrected chi connectivity index (χ0v) is 31.1. The summed E-state index contributed by atoms with van der Waals surface area (Å²) in [5.74, 6) is 0.488. The van der Waals surface area contributed by atoms with Gasteiger partial charge < -0.3 is 28.4 Å². The third kappa shape index (κ3) is 7.32. The molecule has 2 aliphatic rings. The summed E-state index contributed by atoms with van der Waals surface area (Å²) >= 11 is 0. The molecule has 0 N–H and O–H groups in total. The van der Waals surface area contributed by atoms with Gasteiger partial charge in [0.25, 0.3) is 0 Å². The first-order chi connectivity index (χ1) is 27.7. The highest BCUT2D eigenvalue weighted by Gasteiger charge is 2.49. The summed E-state index contributed by atoms with van der Waals surface area (Å²) in [6.45, 7) is 0. The molecule has 0 amide bonds. The number of hydrogen-bond acceptors (Lipinski definition) is 10.